The molecule has 2 rings (SSSR count). The Bertz CT molecular complexity index is 887. The predicted octanol–water partition coefficient (Wildman–Crippen LogP) is 2.85. The highest BCUT2D eigenvalue weighted by Gasteiger charge is 2.23. The van der Waals surface area contributed by atoms with E-state index in [2.05, 4.69) is 0 Å². The summed E-state index contributed by atoms with van der Waals surface area (Å²) in [6.07, 6.45) is 0. The summed E-state index contributed by atoms with van der Waals surface area (Å²) in [6.45, 7) is -0.739. The van der Waals surface area contributed by atoms with Gasteiger partial charge in [-0.15, -0.1) is 0 Å². The van der Waals surface area contributed by atoms with Crippen molar-refractivity contribution in [3.05, 3.63) is 58.9 Å². The average Bonchev–Trinajstić information content (AvgIpc) is 2.60. The Morgan fingerprint density at radius 1 is 1.19 bits per heavy atom. The van der Waals surface area contributed by atoms with Crippen LogP contribution in [0.15, 0.2) is 47.4 Å². The number of methoxy groups -OCH3 is 1. The van der Waals surface area contributed by atoms with Crippen LogP contribution in [0.3, 0.4) is 0 Å². The first-order valence-corrected chi connectivity index (χ1v) is 9.26. The van der Waals surface area contributed by atoms with E-state index in [0.717, 1.165) is 4.31 Å². The van der Waals surface area contributed by atoms with E-state index in [1.165, 1.54) is 56.6 Å². The zero-order valence-electron chi connectivity index (χ0n) is 14.1. The summed E-state index contributed by atoms with van der Waals surface area (Å²) in [5, 5.41) is 0.398. The molecule has 26 heavy (non-hydrogen) atoms. The highest BCUT2D eigenvalue weighted by atomic mass is 35.5. The SMILES string of the molecule is COc1ccc(F)cc1COC(=O)CN(C)S(=O)(=O)c1ccc(Cl)cc1. The molecule has 0 aliphatic rings. The van der Waals surface area contributed by atoms with Gasteiger partial charge in [0.05, 0.1) is 12.0 Å². The molecule has 0 aromatic heterocycles. The first-order valence-electron chi connectivity index (χ1n) is 7.44. The number of carbonyl (C=O) groups is 1. The number of halogens is 2. The van der Waals surface area contributed by atoms with Gasteiger partial charge in [-0.1, -0.05) is 11.6 Å². The fraction of sp³-hybridized carbons (Fsp3) is 0.235. The largest absolute Gasteiger partial charge is 0.496 e. The molecular weight excluding hydrogens is 385 g/mol. The van der Waals surface area contributed by atoms with Crippen LogP contribution in [0.4, 0.5) is 4.39 Å². The average molecular weight is 402 g/mol. The number of nitrogens with zero attached hydrogens (tertiary/aromatic N) is 1. The zero-order valence-corrected chi connectivity index (χ0v) is 15.7. The number of likely N-dealkylation sites (N-methyl/N-ethyl adjacent to an activating group) is 1. The van der Waals surface area contributed by atoms with Gasteiger partial charge >= 0.3 is 5.97 Å². The van der Waals surface area contributed by atoms with Crippen molar-refractivity contribution in [2.75, 3.05) is 20.7 Å². The number of hydrogen-bond acceptors (Lipinski definition) is 5. The summed E-state index contributed by atoms with van der Waals surface area (Å²) in [5.74, 6) is -0.919. The Hall–Kier alpha value is -2.16. The monoisotopic (exact) mass is 401 g/mol. The van der Waals surface area contributed by atoms with Crippen LogP contribution in [0.1, 0.15) is 5.56 Å². The number of carbonyl (C=O) groups excluding carboxylic acids is 1. The Morgan fingerprint density at radius 3 is 2.46 bits per heavy atom. The maximum atomic E-state index is 13.3. The minimum absolute atomic E-state index is 0.00370. The maximum Gasteiger partial charge on any atom is 0.321 e. The van der Waals surface area contributed by atoms with Crippen molar-refractivity contribution < 1.29 is 27.1 Å². The number of esters is 1. The second-order valence-corrected chi connectivity index (χ2v) is 7.81. The predicted molar refractivity (Wildman–Crippen MR) is 94.0 cm³/mol. The lowest BCUT2D eigenvalue weighted by molar-refractivity contribution is -0.144. The minimum Gasteiger partial charge on any atom is -0.496 e. The topological polar surface area (TPSA) is 72.9 Å². The second-order valence-electron chi connectivity index (χ2n) is 5.33. The molecule has 0 saturated heterocycles. The van der Waals surface area contributed by atoms with E-state index in [1.807, 2.05) is 0 Å². The minimum atomic E-state index is -3.86. The van der Waals surface area contributed by atoms with E-state index in [-0.39, 0.29) is 11.5 Å². The molecule has 2 aromatic rings. The molecule has 140 valence electrons. The third-order valence-corrected chi connectivity index (χ3v) is 5.57. The molecule has 0 N–H and O–H groups in total. The van der Waals surface area contributed by atoms with Crippen LogP contribution in [-0.2, 0) is 26.2 Å². The Labute approximate surface area is 156 Å². The molecule has 0 fully saturated rings. The smallest absolute Gasteiger partial charge is 0.321 e. The molecular formula is C17H17ClFNO5S. The van der Waals surface area contributed by atoms with Crippen molar-refractivity contribution >= 4 is 27.6 Å². The Morgan fingerprint density at radius 2 is 1.85 bits per heavy atom. The van der Waals surface area contributed by atoms with Crippen molar-refractivity contribution in [3.8, 4) is 5.75 Å². The van der Waals surface area contributed by atoms with Crippen LogP contribution >= 0.6 is 11.6 Å². The van der Waals surface area contributed by atoms with Crippen molar-refractivity contribution in [2.45, 2.75) is 11.5 Å². The van der Waals surface area contributed by atoms with Gasteiger partial charge in [0.15, 0.2) is 0 Å². The number of rotatable bonds is 7. The molecule has 9 heteroatoms. The summed E-state index contributed by atoms with van der Waals surface area (Å²) in [6, 6.07) is 9.38. The summed E-state index contributed by atoms with van der Waals surface area (Å²) in [5.41, 5.74) is 0.337. The number of hydrogen-bond donors (Lipinski definition) is 0. The quantitative estimate of drug-likeness (QED) is 0.667. The Balaban J connectivity index is 2.01. The van der Waals surface area contributed by atoms with E-state index in [4.69, 9.17) is 21.1 Å². The lowest BCUT2D eigenvalue weighted by Gasteiger charge is -2.17. The molecule has 0 amide bonds. The number of sulfonamides is 1. The van der Waals surface area contributed by atoms with E-state index in [0.29, 0.717) is 16.3 Å². The van der Waals surface area contributed by atoms with E-state index >= 15 is 0 Å². The van der Waals surface area contributed by atoms with E-state index in [9.17, 15) is 17.6 Å². The fourth-order valence-electron chi connectivity index (χ4n) is 2.12. The van der Waals surface area contributed by atoms with E-state index < -0.39 is 28.4 Å². The van der Waals surface area contributed by atoms with Gasteiger partial charge in [0.25, 0.3) is 0 Å². The third-order valence-electron chi connectivity index (χ3n) is 3.50. The molecule has 0 unspecified atom stereocenters. The second kappa shape index (κ2) is 8.48. The summed E-state index contributed by atoms with van der Waals surface area (Å²) >= 11 is 5.74. The van der Waals surface area contributed by atoms with Crippen LogP contribution in [0.5, 0.6) is 5.75 Å². The van der Waals surface area contributed by atoms with E-state index in [1.54, 1.807) is 0 Å². The van der Waals surface area contributed by atoms with Crippen LogP contribution in [0, 0.1) is 5.82 Å². The van der Waals surface area contributed by atoms with Gasteiger partial charge in [-0.3, -0.25) is 4.79 Å². The van der Waals surface area contributed by atoms with Gasteiger partial charge in [0, 0.05) is 17.6 Å². The van der Waals surface area contributed by atoms with Crippen LogP contribution in [-0.4, -0.2) is 39.4 Å². The molecule has 0 aliphatic heterocycles. The van der Waals surface area contributed by atoms with Crippen molar-refractivity contribution in [1.82, 2.24) is 4.31 Å². The molecule has 0 bridgehead atoms. The number of ether oxygens (including phenoxy) is 2. The molecule has 0 aliphatic carbocycles. The molecule has 0 radical (unpaired) electrons. The van der Waals surface area contributed by atoms with Gasteiger partial charge in [-0.2, -0.15) is 4.31 Å². The maximum absolute atomic E-state index is 13.3. The summed E-state index contributed by atoms with van der Waals surface area (Å²) < 4.78 is 49.1. The third kappa shape index (κ3) is 4.94. The van der Waals surface area contributed by atoms with Crippen LogP contribution in [0.2, 0.25) is 5.02 Å². The van der Waals surface area contributed by atoms with Crippen LogP contribution in [0.25, 0.3) is 0 Å². The molecule has 6 nitrogen and oxygen atoms in total. The van der Waals surface area contributed by atoms with Gasteiger partial charge in [0.2, 0.25) is 10.0 Å². The van der Waals surface area contributed by atoms with Gasteiger partial charge in [-0.05, 0) is 42.5 Å². The normalized spacial score (nSPS) is 11.4. The van der Waals surface area contributed by atoms with Gasteiger partial charge < -0.3 is 9.47 Å². The first kappa shape index (κ1) is 20.2. The van der Waals surface area contributed by atoms with Crippen molar-refractivity contribution in [2.24, 2.45) is 0 Å². The highest BCUT2D eigenvalue weighted by molar-refractivity contribution is 7.89. The van der Waals surface area contributed by atoms with Crippen molar-refractivity contribution in [1.29, 1.82) is 0 Å². The number of benzene rings is 2. The molecule has 0 heterocycles. The van der Waals surface area contributed by atoms with Gasteiger partial charge in [0.1, 0.15) is 24.7 Å². The first-order chi connectivity index (χ1) is 12.2. The van der Waals surface area contributed by atoms with Crippen molar-refractivity contribution in [3.63, 3.8) is 0 Å². The standard InChI is InChI=1S/C17H17ClFNO5S/c1-20(26(22,23)15-6-3-13(18)4-7-15)10-17(21)25-11-12-9-14(19)5-8-16(12)24-2/h3-9H,10-11H2,1-2H3. The summed E-state index contributed by atoms with van der Waals surface area (Å²) in [7, 11) is -1.20. The summed E-state index contributed by atoms with van der Waals surface area (Å²) in [4.78, 5) is 12.0. The molecule has 2 aromatic carbocycles. The zero-order chi connectivity index (χ0) is 19.3. The fourth-order valence-corrected chi connectivity index (χ4v) is 3.36. The molecule has 0 atom stereocenters. The molecule has 0 saturated carbocycles. The van der Waals surface area contributed by atoms with Crippen LogP contribution < -0.4 is 4.74 Å². The molecule has 0 spiro atoms. The van der Waals surface area contributed by atoms with Gasteiger partial charge in [-0.25, -0.2) is 12.8 Å². The highest BCUT2D eigenvalue weighted by Crippen LogP contribution is 2.21. The Kier molecular flexibility index (Phi) is 6.57. The lowest BCUT2D eigenvalue weighted by atomic mass is 10.2. The lowest BCUT2D eigenvalue weighted by Crippen LogP contribution is -2.33.